The van der Waals surface area contributed by atoms with Gasteiger partial charge in [-0.25, -0.2) is 0 Å². The molecule has 0 fully saturated rings. The van der Waals surface area contributed by atoms with Crippen LogP contribution in [0.5, 0.6) is 0 Å². The van der Waals surface area contributed by atoms with Crippen molar-refractivity contribution in [1.82, 2.24) is 0 Å². The molecular formula is C14H26O2Si. The van der Waals surface area contributed by atoms with Gasteiger partial charge in [-0.05, 0) is 22.7 Å². The van der Waals surface area contributed by atoms with Gasteiger partial charge in [-0.1, -0.05) is 41.5 Å². The second-order valence-corrected chi connectivity index (χ2v) is 11.6. The fraction of sp³-hybridized carbons (Fsp3) is 0.714. The van der Waals surface area contributed by atoms with Gasteiger partial charge in [0.1, 0.15) is 8.07 Å². The molecule has 0 saturated heterocycles. The third-order valence-corrected chi connectivity index (χ3v) is 11.1. The highest BCUT2D eigenvalue weighted by Gasteiger charge is 2.48. The lowest BCUT2D eigenvalue weighted by molar-refractivity contribution is 0.282. The van der Waals surface area contributed by atoms with Crippen LogP contribution in [0.25, 0.3) is 0 Å². The Morgan fingerprint density at radius 1 is 1.06 bits per heavy atom. The Morgan fingerprint density at radius 3 is 1.88 bits per heavy atom. The molecule has 0 spiro atoms. The number of hydrogen-bond acceptors (Lipinski definition) is 2. The maximum absolute atomic E-state index is 9.48. The van der Waals surface area contributed by atoms with Crippen LogP contribution in [0.2, 0.25) is 16.6 Å². The van der Waals surface area contributed by atoms with E-state index in [0.29, 0.717) is 16.6 Å². The predicted octanol–water partition coefficient (Wildman–Crippen LogP) is 3.66. The van der Waals surface area contributed by atoms with E-state index in [-0.39, 0.29) is 6.61 Å². The molecule has 17 heavy (non-hydrogen) atoms. The van der Waals surface area contributed by atoms with E-state index < -0.39 is 8.07 Å². The first-order chi connectivity index (χ1) is 7.88. The summed E-state index contributed by atoms with van der Waals surface area (Å²) in [6.45, 7) is 13.9. The minimum absolute atomic E-state index is 0.0900. The molecule has 0 aliphatic carbocycles. The second-order valence-electron chi connectivity index (χ2n) is 5.83. The van der Waals surface area contributed by atoms with Gasteiger partial charge in [-0.15, -0.1) is 0 Å². The van der Waals surface area contributed by atoms with E-state index in [1.165, 1.54) is 0 Å². The Kier molecular flexibility index (Phi) is 4.61. The van der Waals surface area contributed by atoms with Gasteiger partial charge in [0.25, 0.3) is 0 Å². The molecule has 0 unspecified atom stereocenters. The zero-order chi connectivity index (χ0) is 13.2. The summed E-state index contributed by atoms with van der Waals surface area (Å²) in [7, 11) is -1.74. The van der Waals surface area contributed by atoms with E-state index in [2.05, 4.69) is 41.5 Å². The minimum Gasteiger partial charge on any atom is -0.474 e. The van der Waals surface area contributed by atoms with Crippen molar-refractivity contribution in [3.8, 4) is 0 Å². The Hall–Kier alpha value is -0.543. The highest BCUT2D eigenvalue weighted by Crippen LogP contribution is 2.41. The third kappa shape index (κ3) is 2.23. The fourth-order valence-electron chi connectivity index (χ4n) is 3.63. The molecule has 1 heterocycles. The first-order valence-electron chi connectivity index (χ1n) is 6.56. The van der Waals surface area contributed by atoms with E-state index >= 15 is 0 Å². The number of aliphatic hydroxyl groups is 1. The standard InChI is InChI=1S/C14H26O2Si/c1-10(2)17(11(3)4,12(5)6)14-13(9-15)7-8-16-14/h7-8,10-12,15H,9H2,1-6H3. The third-order valence-electron chi connectivity index (χ3n) is 4.18. The maximum atomic E-state index is 9.48. The van der Waals surface area contributed by atoms with E-state index in [1.54, 1.807) is 6.26 Å². The van der Waals surface area contributed by atoms with Crippen LogP contribution in [0.1, 0.15) is 47.1 Å². The van der Waals surface area contributed by atoms with Crippen LogP contribution in [0.3, 0.4) is 0 Å². The SMILES string of the molecule is CC(C)[Si](c1occc1CO)(C(C)C)C(C)C. The molecule has 3 heteroatoms. The van der Waals surface area contributed by atoms with Crippen LogP contribution in [-0.4, -0.2) is 13.2 Å². The Bertz CT molecular complexity index is 331. The summed E-state index contributed by atoms with van der Waals surface area (Å²) in [6, 6.07) is 1.92. The zero-order valence-electron chi connectivity index (χ0n) is 11.9. The molecule has 0 radical (unpaired) electrons. The van der Waals surface area contributed by atoms with Crippen molar-refractivity contribution >= 4 is 13.5 Å². The maximum Gasteiger partial charge on any atom is 0.140 e. The molecule has 0 aliphatic heterocycles. The molecule has 1 rings (SSSR count). The summed E-state index contributed by atoms with van der Waals surface area (Å²) in [4.78, 5) is 0. The Labute approximate surface area is 106 Å². The van der Waals surface area contributed by atoms with Crippen molar-refractivity contribution in [3.05, 3.63) is 17.9 Å². The normalized spacial score (nSPS) is 13.1. The van der Waals surface area contributed by atoms with Gasteiger partial charge in [0.15, 0.2) is 0 Å². The average Bonchev–Trinajstić information content (AvgIpc) is 2.65. The van der Waals surface area contributed by atoms with E-state index in [1.807, 2.05) is 6.07 Å². The van der Waals surface area contributed by atoms with Crippen molar-refractivity contribution in [3.63, 3.8) is 0 Å². The van der Waals surface area contributed by atoms with Crippen LogP contribution in [-0.2, 0) is 6.61 Å². The lowest BCUT2D eigenvalue weighted by Gasteiger charge is -2.41. The molecule has 0 saturated carbocycles. The summed E-state index contributed by atoms with van der Waals surface area (Å²) < 4.78 is 5.81. The zero-order valence-corrected chi connectivity index (χ0v) is 12.9. The van der Waals surface area contributed by atoms with Gasteiger partial charge in [0.2, 0.25) is 0 Å². The topological polar surface area (TPSA) is 33.4 Å². The van der Waals surface area contributed by atoms with Gasteiger partial charge in [0.05, 0.1) is 18.3 Å². The largest absolute Gasteiger partial charge is 0.474 e. The van der Waals surface area contributed by atoms with Crippen LogP contribution < -0.4 is 5.38 Å². The number of hydrogen-bond donors (Lipinski definition) is 1. The van der Waals surface area contributed by atoms with E-state index in [9.17, 15) is 5.11 Å². The molecule has 0 aromatic carbocycles. The molecule has 1 N–H and O–H groups in total. The first kappa shape index (κ1) is 14.5. The van der Waals surface area contributed by atoms with E-state index in [4.69, 9.17) is 4.42 Å². The van der Waals surface area contributed by atoms with Gasteiger partial charge < -0.3 is 9.52 Å². The molecule has 0 amide bonds. The minimum atomic E-state index is -1.74. The quantitative estimate of drug-likeness (QED) is 0.814. The van der Waals surface area contributed by atoms with Crippen molar-refractivity contribution < 1.29 is 9.52 Å². The smallest absolute Gasteiger partial charge is 0.140 e. The Morgan fingerprint density at radius 2 is 1.53 bits per heavy atom. The average molecular weight is 254 g/mol. The van der Waals surface area contributed by atoms with Gasteiger partial charge in [-0.3, -0.25) is 0 Å². The summed E-state index contributed by atoms with van der Waals surface area (Å²) in [5, 5.41) is 10.6. The second kappa shape index (κ2) is 5.40. The fourth-order valence-corrected chi connectivity index (χ4v) is 10.2. The molecule has 0 aliphatic rings. The number of rotatable bonds is 5. The first-order valence-corrected chi connectivity index (χ1v) is 8.79. The lowest BCUT2D eigenvalue weighted by Crippen LogP contribution is -2.56. The van der Waals surface area contributed by atoms with Gasteiger partial charge in [0, 0.05) is 5.56 Å². The summed E-state index contributed by atoms with van der Waals surface area (Å²) in [6.07, 6.45) is 1.73. The Balaban J connectivity index is 3.42. The summed E-state index contributed by atoms with van der Waals surface area (Å²) in [5.74, 6) is 0. The molecule has 0 bridgehead atoms. The molecule has 2 nitrogen and oxygen atoms in total. The molecular weight excluding hydrogens is 228 g/mol. The van der Waals surface area contributed by atoms with Crippen LogP contribution in [0, 0.1) is 0 Å². The lowest BCUT2D eigenvalue weighted by atomic mass is 10.4. The van der Waals surface area contributed by atoms with Gasteiger partial charge >= 0.3 is 0 Å². The molecule has 0 atom stereocenters. The van der Waals surface area contributed by atoms with Gasteiger partial charge in [-0.2, -0.15) is 0 Å². The molecule has 1 aromatic rings. The van der Waals surface area contributed by atoms with Crippen LogP contribution >= 0.6 is 0 Å². The van der Waals surface area contributed by atoms with Crippen molar-refractivity contribution in [2.45, 2.75) is 64.8 Å². The van der Waals surface area contributed by atoms with Crippen LogP contribution in [0.15, 0.2) is 16.7 Å². The molecule has 98 valence electrons. The summed E-state index contributed by atoms with van der Waals surface area (Å²) >= 11 is 0. The molecule has 1 aromatic heterocycles. The number of furan rings is 1. The predicted molar refractivity (Wildman–Crippen MR) is 75.3 cm³/mol. The highest BCUT2D eigenvalue weighted by molar-refractivity contribution is 6.94. The highest BCUT2D eigenvalue weighted by atomic mass is 28.3. The van der Waals surface area contributed by atoms with E-state index in [0.717, 1.165) is 10.9 Å². The van der Waals surface area contributed by atoms with Crippen molar-refractivity contribution in [2.24, 2.45) is 0 Å². The summed E-state index contributed by atoms with van der Waals surface area (Å²) in [5.41, 5.74) is 2.82. The van der Waals surface area contributed by atoms with Crippen molar-refractivity contribution in [2.75, 3.05) is 0 Å². The van der Waals surface area contributed by atoms with Crippen LogP contribution in [0.4, 0.5) is 0 Å². The number of aliphatic hydroxyl groups excluding tert-OH is 1. The monoisotopic (exact) mass is 254 g/mol. The van der Waals surface area contributed by atoms with Crippen molar-refractivity contribution in [1.29, 1.82) is 0 Å².